The van der Waals surface area contributed by atoms with E-state index in [9.17, 15) is 14.7 Å². The Kier molecular flexibility index (Phi) is 7.53. The van der Waals surface area contributed by atoms with E-state index >= 15 is 0 Å². The first kappa shape index (κ1) is 25.2. The van der Waals surface area contributed by atoms with Gasteiger partial charge in [0.25, 0.3) is 11.7 Å². The van der Waals surface area contributed by atoms with Gasteiger partial charge in [0.05, 0.1) is 18.2 Å². The fraction of sp³-hybridized carbons (Fsp3) is 0.300. The maximum atomic E-state index is 13.3. The second-order valence-electron chi connectivity index (χ2n) is 9.57. The monoisotopic (exact) mass is 484 g/mol. The molecule has 1 amide bonds. The van der Waals surface area contributed by atoms with Crippen molar-refractivity contribution in [2.24, 2.45) is 5.92 Å². The topological polar surface area (TPSA) is 79.7 Å². The Labute approximate surface area is 212 Å². The summed E-state index contributed by atoms with van der Waals surface area (Å²) in [6.45, 7) is 8.91. The van der Waals surface area contributed by atoms with Gasteiger partial charge in [0.2, 0.25) is 0 Å². The molecule has 0 bridgehead atoms. The van der Waals surface area contributed by atoms with Crippen molar-refractivity contribution in [1.29, 1.82) is 0 Å². The first-order valence-electron chi connectivity index (χ1n) is 12.3. The third kappa shape index (κ3) is 5.18. The van der Waals surface area contributed by atoms with Crippen LogP contribution in [-0.4, -0.2) is 33.3 Å². The highest BCUT2D eigenvalue weighted by Gasteiger charge is 2.46. The van der Waals surface area contributed by atoms with E-state index in [2.05, 4.69) is 25.8 Å². The van der Waals surface area contributed by atoms with Gasteiger partial charge in [0.1, 0.15) is 11.5 Å². The molecule has 0 unspecified atom stereocenters. The zero-order chi connectivity index (χ0) is 25.8. The molecule has 6 nitrogen and oxygen atoms in total. The zero-order valence-electron chi connectivity index (χ0n) is 21.2. The molecule has 3 aromatic rings. The van der Waals surface area contributed by atoms with Gasteiger partial charge < -0.3 is 14.7 Å². The number of benzene rings is 2. The summed E-state index contributed by atoms with van der Waals surface area (Å²) in [5, 5.41) is 11.4. The van der Waals surface area contributed by atoms with Crippen LogP contribution in [0.2, 0.25) is 0 Å². The van der Waals surface area contributed by atoms with Crippen LogP contribution in [0.4, 0.5) is 0 Å². The van der Waals surface area contributed by atoms with Crippen LogP contribution < -0.4 is 4.74 Å². The second-order valence-corrected chi connectivity index (χ2v) is 9.57. The van der Waals surface area contributed by atoms with Crippen LogP contribution in [0.3, 0.4) is 0 Å². The quantitative estimate of drug-likeness (QED) is 0.255. The first-order chi connectivity index (χ1) is 17.3. The van der Waals surface area contributed by atoms with E-state index in [4.69, 9.17) is 4.74 Å². The van der Waals surface area contributed by atoms with Gasteiger partial charge in [0, 0.05) is 24.5 Å². The lowest BCUT2D eigenvalue weighted by molar-refractivity contribution is -0.140. The summed E-state index contributed by atoms with van der Waals surface area (Å²) in [6.07, 6.45) is 4.21. The highest BCUT2D eigenvalue weighted by Crippen LogP contribution is 2.40. The van der Waals surface area contributed by atoms with Crippen molar-refractivity contribution in [3.63, 3.8) is 0 Å². The van der Waals surface area contributed by atoms with Crippen molar-refractivity contribution in [3.05, 3.63) is 100 Å². The van der Waals surface area contributed by atoms with E-state index < -0.39 is 17.7 Å². The van der Waals surface area contributed by atoms with Crippen molar-refractivity contribution >= 4 is 17.4 Å². The second kappa shape index (κ2) is 10.8. The van der Waals surface area contributed by atoms with Crippen LogP contribution >= 0.6 is 0 Å². The lowest BCUT2D eigenvalue weighted by Crippen LogP contribution is -2.29. The van der Waals surface area contributed by atoms with Crippen LogP contribution in [0, 0.1) is 12.8 Å². The average Bonchev–Trinajstić information content (AvgIpc) is 3.13. The molecule has 1 N–H and O–H groups in total. The number of amides is 1. The van der Waals surface area contributed by atoms with Crippen LogP contribution in [0.5, 0.6) is 5.75 Å². The summed E-state index contributed by atoms with van der Waals surface area (Å²) >= 11 is 0. The third-order valence-corrected chi connectivity index (χ3v) is 6.34. The molecule has 1 aliphatic heterocycles. The summed E-state index contributed by atoms with van der Waals surface area (Å²) < 4.78 is 5.86. The Morgan fingerprint density at radius 2 is 1.83 bits per heavy atom. The minimum absolute atomic E-state index is 0.0865. The van der Waals surface area contributed by atoms with Crippen molar-refractivity contribution < 1.29 is 19.4 Å². The van der Waals surface area contributed by atoms with Gasteiger partial charge in [-0.1, -0.05) is 51.1 Å². The maximum Gasteiger partial charge on any atom is 0.295 e. The number of hydrogen-bond donors (Lipinski definition) is 1. The van der Waals surface area contributed by atoms with Gasteiger partial charge in [-0.15, -0.1) is 0 Å². The van der Waals surface area contributed by atoms with Gasteiger partial charge in [-0.05, 0) is 65.8 Å². The molecule has 1 aromatic heterocycles. The molecule has 186 valence electrons. The van der Waals surface area contributed by atoms with E-state index in [1.807, 2.05) is 37.3 Å². The number of pyridine rings is 1. The number of hydrogen-bond acceptors (Lipinski definition) is 5. The Balaban J connectivity index is 1.79. The van der Waals surface area contributed by atoms with Crippen LogP contribution in [0.1, 0.15) is 54.6 Å². The zero-order valence-corrected chi connectivity index (χ0v) is 21.2. The number of likely N-dealkylation sites (tertiary alicyclic amines) is 1. The molecule has 1 aliphatic rings. The predicted octanol–water partition coefficient (Wildman–Crippen LogP) is 5.61. The van der Waals surface area contributed by atoms with Crippen LogP contribution in [-0.2, 0) is 22.6 Å². The van der Waals surface area contributed by atoms with E-state index in [0.29, 0.717) is 18.1 Å². The maximum absolute atomic E-state index is 13.3. The van der Waals surface area contributed by atoms with Crippen LogP contribution in [0.25, 0.3) is 5.76 Å². The summed E-state index contributed by atoms with van der Waals surface area (Å²) in [7, 11) is 0. The molecule has 0 radical (unpaired) electrons. The largest absolute Gasteiger partial charge is 0.507 e. The minimum atomic E-state index is -0.715. The highest BCUT2D eigenvalue weighted by molar-refractivity contribution is 6.46. The highest BCUT2D eigenvalue weighted by atomic mass is 16.5. The average molecular weight is 485 g/mol. The van der Waals surface area contributed by atoms with Crippen molar-refractivity contribution in [1.82, 2.24) is 9.88 Å². The van der Waals surface area contributed by atoms with E-state index in [1.54, 1.807) is 36.7 Å². The number of nitrogens with zero attached hydrogens (tertiary/aromatic N) is 2. The van der Waals surface area contributed by atoms with Gasteiger partial charge in [-0.25, -0.2) is 0 Å². The number of ketones is 1. The Hall–Kier alpha value is -3.93. The van der Waals surface area contributed by atoms with Gasteiger partial charge in [0.15, 0.2) is 0 Å². The number of ether oxygens (including phenoxy) is 1. The fourth-order valence-electron chi connectivity index (χ4n) is 4.38. The Morgan fingerprint density at radius 1 is 1.08 bits per heavy atom. The smallest absolute Gasteiger partial charge is 0.295 e. The minimum Gasteiger partial charge on any atom is -0.507 e. The summed E-state index contributed by atoms with van der Waals surface area (Å²) in [5.74, 6) is -0.418. The molecule has 2 aromatic carbocycles. The predicted molar refractivity (Wildman–Crippen MR) is 139 cm³/mol. The molecule has 2 heterocycles. The molecule has 4 rings (SSSR count). The fourth-order valence-corrected chi connectivity index (χ4v) is 4.38. The number of aromatic nitrogens is 1. The molecule has 0 spiro atoms. The van der Waals surface area contributed by atoms with E-state index in [-0.39, 0.29) is 17.9 Å². The number of carbonyl (C=O) groups is 2. The standard InChI is InChI=1S/C30H32N2O4/c1-5-21-8-10-23(11-9-21)27-26(29(34)30(35)32(27)17-22-7-6-14-31-16-22)28(33)24-12-13-25(20(4)15-24)36-18-19(2)3/h6-16,19,27,33H,5,17-18H2,1-4H3/b28-26+/t27-/m0/s1. The molecule has 36 heavy (non-hydrogen) atoms. The van der Waals surface area contributed by atoms with E-state index in [1.165, 1.54) is 4.90 Å². The summed E-state index contributed by atoms with van der Waals surface area (Å²) in [6, 6.07) is 16.1. The number of aliphatic hydroxyl groups excluding tert-OH is 1. The molecule has 1 atom stereocenters. The molecule has 0 aliphatic carbocycles. The van der Waals surface area contributed by atoms with Crippen LogP contribution in [0.15, 0.2) is 72.6 Å². The number of carbonyl (C=O) groups excluding carboxylic acids is 2. The summed E-state index contributed by atoms with van der Waals surface area (Å²) in [4.78, 5) is 32.2. The Bertz CT molecular complexity index is 1280. The number of aryl methyl sites for hydroxylation is 2. The lowest BCUT2D eigenvalue weighted by atomic mass is 9.94. The van der Waals surface area contributed by atoms with E-state index in [0.717, 1.165) is 34.4 Å². The normalized spacial score (nSPS) is 17.1. The van der Waals surface area contributed by atoms with Crippen molar-refractivity contribution in [2.75, 3.05) is 6.61 Å². The Morgan fingerprint density at radius 3 is 2.44 bits per heavy atom. The van der Waals surface area contributed by atoms with Crippen molar-refractivity contribution in [3.8, 4) is 5.75 Å². The number of Topliss-reactive ketones (excluding diaryl/α,β-unsaturated/α-hetero) is 1. The molecule has 1 saturated heterocycles. The van der Waals surface area contributed by atoms with Gasteiger partial charge in [-0.2, -0.15) is 0 Å². The van der Waals surface area contributed by atoms with Gasteiger partial charge >= 0.3 is 0 Å². The third-order valence-electron chi connectivity index (χ3n) is 6.34. The number of rotatable bonds is 8. The first-order valence-corrected chi connectivity index (χ1v) is 12.3. The molecular formula is C30H32N2O4. The summed E-state index contributed by atoms with van der Waals surface area (Å²) in [5.41, 5.74) is 4.12. The molecule has 0 saturated carbocycles. The number of aliphatic hydroxyl groups is 1. The molecule has 6 heteroatoms. The van der Waals surface area contributed by atoms with Gasteiger partial charge in [-0.3, -0.25) is 14.6 Å². The molecule has 1 fully saturated rings. The lowest BCUT2D eigenvalue weighted by Gasteiger charge is -2.25. The SMILES string of the molecule is CCc1ccc([C@H]2/C(=C(\O)c3ccc(OCC(C)C)c(C)c3)C(=O)C(=O)N2Cc2cccnc2)cc1. The molecular weight excluding hydrogens is 452 g/mol. The van der Waals surface area contributed by atoms with Crippen molar-refractivity contribution in [2.45, 2.75) is 46.7 Å².